The van der Waals surface area contributed by atoms with Crippen molar-refractivity contribution in [1.29, 1.82) is 0 Å². The quantitative estimate of drug-likeness (QED) is 0.417. The first kappa shape index (κ1) is 29.2. The molecule has 2 aliphatic heterocycles. The predicted octanol–water partition coefficient (Wildman–Crippen LogP) is 3.72. The second kappa shape index (κ2) is 12.3. The largest absolute Gasteiger partial charge is 0.380 e. The molecule has 222 valence electrons. The number of hydrogen-bond acceptors (Lipinski definition) is 7. The number of nitrogens with zero attached hydrogens (tertiary/aromatic N) is 6. The van der Waals surface area contributed by atoms with E-state index in [1.807, 2.05) is 36.3 Å². The number of fused-ring (bicyclic) bond motifs is 1. The van der Waals surface area contributed by atoms with E-state index in [4.69, 9.17) is 4.98 Å². The molecule has 2 saturated heterocycles. The Balaban J connectivity index is 1.24. The zero-order valence-electron chi connectivity index (χ0n) is 24.5. The predicted molar refractivity (Wildman–Crippen MR) is 165 cm³/mol. The minimum absolute atomic E-state index is 0.0627. The molecule has 3 aromatic rings. The zero-order valence-corrected chi connectivity index (χ0v) is 25.3. The van der Waals surface area contributed by atoms with Crippen LogP contribution in [0.1, 0.15) is 33.6 Å². The molecule has 1 aromatic carbocycles. The number of rotatable bonds is 8. The van der Waals surface area contributed by atoms with Crippen LogP contribution >= 0.6 is 0 Å². The van der Waals surface area contributed by atoms with Crippen LogP contribution in [-0.4, -0.2) is 103 Å². The first-order chi connectivity index (χ1) is 19.7. The first-order valence-corrected chi connectivity index (χ1v) is 16.0. The van der Waals surface area contributed by atoms with Crippen molar-refractivity contribution >= 4 is 44.3 Å². The fourth-order valence-electron chi connectivity index (χ4n) is 5.77. The maximum Gasteiger partial charge on any atom is 0.328 e. The van der Waals surface area contributed by atoms with Gasteiger partial charge in [0.2, 0.25) is 0 Å². The van der Waals surface area contributed by atoms with Crippen molar-refractivity contribution in [1.82, 2.24) is 23.7 Å². The Morgan fingerprint density at radius 1 is 1.07 bits per heavy atom. The summed E-state index contributed by atoms with van der Waals surface area (Å²) in [6, 6.07) is 11.7. The summed E-state index contributed by atoms with van der Waals surface area (Å²) in [7, 11) is -1.65. The van der Waals surface area contributed by atoms with Gasteiger partial charge in [0.05, 0.1) is 16.9 Å². The van der Waals surface area contributed by atoms with E-state index in [2.05, 4.69) is 46.7 Å². The molecule has 0 atom stereocenters. The number of anilines is 3. The molecule has 0 spiro atoms. The molecule has 2 N–H and O–H groups in total. The number of carbonyl (C=O) groups excluding carboxylic acids is 1. The van der Waals surface area contributed by atoms with Gasteiger partial charge in [-0.25, -0.2) is 9.78 Å². The molecule has 4 heterocycles. The number of benzene rings is 1. The Morgan fingerprint density at radius 3 is 2.49 bits per heavy atom. The van der Waals surface area contributed by atoms with Crippen molar-refractivity contribution in [3.05, 3.63) is 48.8 Å². The Bertz CT molecular complexity index is 1460. The topological polar surface area (TPSA) is 106 Å². The number of pyridine rings is 1. The number of hydrogen-bond donors (Lipinski definition) is 2. The molecular formula is C29H42N8O3S. The summed E-state index contributed by atoms with van der Waals surface area (Å²) in [6.07, 6.45) is 5.32. The van der Waals surface area contributed by atoms with Gasteiger partial charge in [-0.05, 0) is 77.1 Å². The number of piperidine rings is 1. The van der Waals surface area contributed by atoms with Crippen LogP contribution in [0.4, 0.5) is 22.0 Å². The summed E-state index contributed by atoms with van der Waals surface area (Å²) in [4.78, 5) is 24.6. The third-order valence-electron chi connectivity index (χ3n) is 7.96. The van der Waals surface area contributed by atoms with Crippen molar-refractivity contribution in [3.8, 4) is 0 Å². The molecule has 12 heteroatoms. The molecule has 2 aliphatic rings. The molecule has 0 unspecified atom stereocenters. The highest BCUT2D eigenvalue weighted by Gasteiger charge is 2.30. The number of amides is 1. The van der Waals surface area contributed by atoms with E-state index in [1.165, 1.54) is 4.31 Å². The van der Waals surface area contributed by atoms with Crippen LogP contribution in [0.25, 0.3) is 10.9 Å². The van der Waals surface area contributed by atoms with Crippen molar-refractivity contribution in [2.45, 2.75) is 45.7 Å². The molecular weight excluding hydrogens is 540 g/mol. The van der Waals surface area contributed by atoms with Gasteiger partial charge in [-0.2, -0.15) is 12.7 Å². The minimum atomic E-state index is -3.64. The lowest BCUT2D eigenvalue weighted by molar-refractivity contribution is 0.183. The summed E-state index contributed by atoms with van der Waals surface area (Å²) in [6.45, 7) is 10.9. The molecule has 0 bridgehead atoms. The van der Waals surface area contributed by atoms with Gasteiger partial charge in [0.1, 0.15) is 0 Å². The normalized spacial score (nSPS) is 17.7. The maximum absolute atomic E-state index is 13.5. The highest BCUT2D eigenvalue weighted by molar-refractivity contribution is 7.90. The summed E-state index contributed by atoms with van der Waals surface area (Å²) >= 11 is 0. The Labute approximate surface area is 243 Å². The highest BCUT2D eigenvalue weighted by Crippen LogP contribution is 2.29. The number of piperazine rings is 1. The van der Waals surface area contributed by atoms with Crippen LogP contribution in [0.5, 0.6) is 0 Å². The van der Waals surface area contributed by atoms with Gasteiger partial charge < -0.3 is 20.0 Å². The second-order valence-electron chi connectivity index (χ2n) is 11.2. The molecule has 0 aliphatic carbocycles. The molecule has 5 rings (SSSR count). The van der Waals surface area contributed by atoms with Crippen LogP contribution in [0.2, 0.25) is 0 Å². The zero-order chi connectivity index (χ0) is 29.1. The van der Waals surface area contributed by atoms with Gasteiger partial charge in [-0.15, -0.1) is 0 Å². The summed E-state index contributed by atoms with van der Waals surface area (Å²) < 4.78 is 31.6. The molecule has 2 aromatic heterocycles. The van der Waals surface area contributed by atoms with Crippen molar-refractivity contribution in [2.75, 3.05) is 67.8 Å². The average Bonchev–Trinajstić information content (AvgIpc) is 3.37. The lowest BCUT2D eigenvalue weighted by atomic mass is 10.0. The van der Waals surface area contributed by atoms with Gasteiger partial charge in [0.25, 0.3) is 0 Å². The smallest absolute Gasteiger partial charge is 0.328 e. The summed E-state index contributed by atoms with van der Waals surface area (Å²) in [5.74, 6) is 0.962. The number of carbonyl (C=O) groups is 1. The molecule has 0 saturated carbocycles. The first-order valence-electron chi connectivity index (χ1n) is 14.5. The van der Waals surface area contributed by atoms with E-state index in [0.717, 1.165) is 41.8 Å². The van der Waals surface area contributed by atoms with Crippen LogP contribution in [0.15, 0.2) is 48.8 Å². The van der Waals surface area contributed by atoms with Crippen molar-refractivity contribution < 1.29 is 13.2 Å². The summed E-state index contributed by atoms with van der Waals surface area (Å²) in [5.41, 5.74) is 2.28. The second-order valence-corrected chi connectivity index (χ2v) is 12.9. The van der Waals surface area contributed by atoms with E-state index in [0.29, 0.717) is 57.0 Å². The monoisotopic (exact) mass is 582 g/mol. The van der Waals surface area contributed by atoms with Crippen LogP contribution < -0.4 is 14.9 Å². The van der Waals surface area contributed by atoms with E-state index in [-0.39, 0.29) is 6.03 Å². The number of nitrogens with one attached hydrogen (secondary N) is 2. The number of aromatic nitrogens is 2. The Kier molecular flexibility index (Phi) is 8.71. The third kappa shape index (κ3) is 6.44. The molecule has 0 radical (unpaired) electrons. The number of likely N-dealkylation sites (N-methyl/N-ethyl adjacent to an activating group) is 1. The van der Waals surface area contributed by atoms with Gasteiger partial charge in [0, 0.05) is 75.7 Å². The number of likely N-dealkylation sites (tertiary alicyclic amines) is 1. The fraction of sp³-hybridized carbons (Fsp3) is 0.517. The molecule has 41 heavy (non-hydrogen) atoms. The minimum Gasteiger partial charge on any atom is -0.380 e. The van der Waals surface area contributed by atoms with E-state index in [1.54, 1.807) is 22.9 Å². The van der Waals surface area contributed by atoms with Gasteiger partial charge in [-0.3, -0.25) is 9.29 Å². The standard InChI is InChI=1S/C29H42N8O3S/c1-5-36(28-26(31-22(2)3)7-6-13-30-28)25-11-14-34(15-12-25)29(38)37-16-10-23-21-24(8-9-27(23)37)32-41(39,40)35-19-17-33(4)18-20-35/h6-10,13,16,21-22,25,31-32H,5,11-12,14-15,17-20H2,1-4H3. The SMILES string of the molecule is CCN(c1ncccc1NC(C)C)C1CCN(C(=O)n2ccc3cc(NS(=O)(=O)N4CCN(C)CC4)ccc32)CC1. The van der Waals surface area contributed by atoms with Gasteiger partial charge >= 0.3 is 16.2 Å². The van der Waals surface area contributed by atoms with E-state index in [9.17, 15) is 13.2 Å². The lowest BCUT2D eigenvalue weighted by Crippen LogP contribution is -2.48. The van der Waals surface area contributed by atoms with E-state index < -0.39 is 10.2 Å². The Hall–Kier alpha value is -3.35. The fourth-order valence-corrected chi connectivity index (χ4v) is 6.96. The molecule has 1 amide bonds. The van der Waals surface area contributed by atoms with Crippen molar-refractivity contribution in [2.24, 2.45) is 0 Å². The van der Waals surface area contributed by atoms with E-state index >= 15 is 0 Å². The van der Waals surface area contributed by atoms with Gasteiger partial charge in [0.15, 0.2) is 5.82 Å². The highest BCUT2D eigenvalue weighted by atomic mass is 32.2. The molecule has 11 nitrogen and oxygen atoms in total. The maximum atomic E-state index is 13.5. The third-order valence-corrected chi connectivity index (χ3v) is 9.50. The van der Waals surface area contributed by atoms with Crippen molar-refractivity contribution in [3.63, 3.8) is 0 Å². The molecule has 2 fully saturated rings. The van der Waals surface area contributed by atoms with Crippen LogP contribution in [-0.2, 0) is 10.2 Å². The lowest BCUT2D eigenvalue weighted by Gasteiger charge is -2.39. The van der Waals surface area contributed by atoms with Crippen LogP contribution in [0, 0.1) is 0 Å². The Morgan fingerprint density at radius 2 is 1.80 bits per heavy atom. The van der Waals surface area contributed by atoms with Gasteiger partial charge in [-0.1, -0.05) is 0 Å². The van der Waals surface area contributed by atoms with Crippen LogP contribution in [0.3, 0.4) is 0 Å². The average molecular weight is 583 g/mol. The summed E-state index contributed by atoms with van der Waals surface area (Å²) in [5, 5.41) is 4.32.